The molecule has 0 aliphatic carbocycles. The second kappa shape index (κ2) is 6.64. The number of hydrogen-bond donors (Lipinski definition) is 2. The Morgan fingerprint density at radius 1 is 1.38 bits per heavy atom. The molecule has 2 aromatic rings. The molecule has 0 bridgehead atoms. The lowest BCUT2D eigenvalue weighted by molar-refractivity contribution is 0.350. The molecule has 0 atom stereocenters. The molecule has 2 heterocycles. The Morgan fingerprint density at radius 3 is 2.76 bits per heavy atom. The van der Waals surface area contributed by atoms with Crippen LogP contribution in [0, 0.1) is 11.8 Å². The Hall–Kier alpha value is -1.30. The summed E-state index contributed by atoms with van der Waals surface area (Å²) in [5.41, 5.74) is 0.332. The van der Waals surface area contributed by atoms with Crippen molar-refractivity contribution in [1.29, 1.82) is 0 Å². The van der Waals surface area contributed by atoms with Crippen molar-refractivity contribution in [3.63, 3.8) is 0 Å². The number of aromatic nitrogens is 1. The Labute approximate surface area is 135 Å². The third-order valence-electron chi connectivity index (χ3n) is 2.20. The zero-order valence-corrected chi connectivity index (χ0v) is 13.4. The van der Waals surface area contributed by atoms with Crippen LogP contribution in [0.3, 0.4) is 0 Å². The largest absolute Gasteiger partial charge is 0.384 e. The van der Waals surface area contributed by atoms with Crippen LogP contribution >= 0.6 is 34.5 Å². The van der Waals surface area contributed by atoms with Gasteiger partial charge in [0.25, 0.3) is 10.0 Å². The lowest BCUT2D eigenvalue weighted by Crippen LogP contribution is -2.13. The van der Waals surface area contributed by atoms with E-state index in [2.05, 4.69) is 21.5 Å². The van der Waals surface area contributed by atoms with Crippen LogP contribution in [0.4, 0.5) is 5.82 Å². The van der Waals surface area contributed by atoms with E-state index in [-0.39, 0.29) is 26.0 Å². The Morgan fingerprint density at radius 2 is 2.14 bits per heavy atom. The Balaban J connectivity index is 2.31. The van der Waals surface area contributed by atoms with E-state index in [1.54, 1.807) is 12.1 Å². The molecule has 5 nitrogen and oxygen atoms in total. The molecule has 0 saturated carbocycles. The number of anilines is 1. The smallest absolute Gasteiger partial charge is 0.265 e. The first-order valence-electron chi connectivity index (χ1n) is 5.47. The predicted molar refractivity (Wildman–Crippen MR) is 83.3 cm³/mol. The minimum absolute atomic E-state index is 0.0729. The van der Waals surface area contributed by atoms with E-state index >= 15 is 0 Å². The van der Waals surface area contributed by atoms with Gasteiger partial charge in [-0.25, -0.2) is 13.4 Å². The lowest BCUT2D eigenvalue weighted by atomic mass is 10.3. The lowest BCUT2D eigenvalue weighted by Gasteiger charge is -2.06. The van der Waals surface area contributed by atoms with E-state index in [9.17, 15) is 8.42 Å². The van der Waals surface area contributed by atoms with Crippen molar-refractivity contribution in [1.82, 2.24) is 4.98 Å². The van der Waals surface area contributed by atoms with Crippen LogP contribution in [-0.4, -0.2) is 25.1 Å². The summed E-state index contributed by atoms with van der Waals surface area (Å²) in [6, 6.07) is 5.93. The van der Waals surface area contributed by atoms with Crippen LogP contribution in [0.15, 0.2) is 29.2 Å². The van der Waals surface area contributed by atoms with Gasteiger partial charge in [0.1, 0.15) is 27.4 Å². The number of halogens is 2. The molecule has 0 radical (unpaired) electrons. The maximum Gasteiger partial charge on any atom is 0.265 e. The van der Waals surface area contributed by atoms with E-state index < -0.39 is 10.0 Å². The number of rotatable bonds is 3. The molecule has 2 rings (SSSR count). The minimum Gasteiger partial charge on any atom is -0.384 e. The van der Waals surface area contributed by atoms with Crippen molar-refractivity contribution >= 4 is 50.4 Å². The molecule has 9 heteroatoms. The molecule has 0 saturated heterocycles. The van der Waals surface area contributed by atoms with Gasteiger partial charge in [-0.05, 0) is 24.1 Å². The quantitative estimate of drug-likeness (QED) is 0.822. The van der Waals surface area contributed by atoms with Crippen molar-refractivity contribution in [2.45, 2.75) is 4.90 Å². The van der Waals surface area contributed by atoms with Crippen LogP contribution in [0.5, 0.6) is 0 Å². The fourth-order valence-electron chi connectivity index (χ4n) is 1.39. The monoisotopic (exact) mass is 362 g/mol. The average molecular weight is 363 g/mol. The SMILES string of the molecule is O=S(=O)(Nc1cccc(C#CCO)n1)c1cc(Cl)sc1Cl. The summed E-state index contributed by atoms with van der Waals surface area (Å²) in [7, 11) is -3.88. The first-order valence-corrected chi connectivity index (χ1v) is 8.52. The third kappa shape index (κ3) is 4.09. The summed E-state index contributed by atoms with van der Waals surface area (Å²) in [4.78, 5) is 3.91. The molecule has 21 heavy (non-hydrogen) atoms. The van der Waals surface area contributed by atoms with Gasteiger partial charge in [-0.1, -0.05) is 35.2 Å². The molecule has 0 aliphatic heterocycles. The summed E-state index contributed by atoms with van der Waals surface area (Å²) in [5, 5.41) is 8.63. The number of nitrogens with zero attached hydrogens (tertiary/aromatic N) is 1. The number of aliphatic hydroxyl groups is 1. The van der Waals surface area contributed by atoms with Crippen LogP contribution in [-0.2, 0) is 10.0 Å². The number of aliphatic hydroxyl groups excluding tert-OH is 1. The predicted octanol–water partition coefficient (Wildman–Crippen LogP) is 2.59. The second-order valence-electron chi connectivity index (χ2n) is 3.66. The highest BCUT2D eigenvalue weighted by atomic mass is 35.5. The first-order chi connectivity index (χ1) is 9.92. The van der Waals surface area contributed by atoms with Gasteiger partial charge >= 0.3 is 0 Å². The maximum absolute atomic E-state index is 12.2. The van der Waals surface area contributed by atoms with E-state index in [0.29, 0.717) is 5.69 Å². The summed E-state index contributed by atoms with van der Waals surface area (Å²) >= 11 is 12.5. The zero-order chi connectivity index (χ0) is 15.5. The second-order valence-corrected chi connectivity index (χ2v) is 7.60. The van der Waals surface area contributed by atoms with Gasteiger partial charge in [0.05, 0.1) is 4.34 Å². The summed E-state index contributed by atoms with van der Waals surface area (Å²) in [6.07, 6.45) is 0. The molecule has 0 unspecified atom stereocenters. The number of hydrogen-bond acceptors (Lipinski definition) is 5. The standard InChI is InChI=1S/C12H8Cl2N2O3S2/c13-10-7-9(12(14)20-10)21(18,19)16-11-5-1-3-8(15-11)4-2-6-17/h1,3,5,7,17H,6H2,(H,15,16). The van der Waals surface area contributed by atoms with E-state index in [1.807, 2.05) is 0 Å². The van der Waals surface area contributed by atoms with Crippen LogP contribution in [0.1, 0.15) is 5.69 Å². The van der Waals surface area contributed by atoms with Crippen molar-refractivity contribution in [2.24, 2.45) is 0 Å². The van der Waals surface area contributed by atoms with Gasteiger partial charge in [0.2, 0.25) is 0 Å². The minimum atomic E-state index is -3.88. The fraction of sp³-hybridized carbons (Fsp3) is 0.0833. The third-order valence-corrected chi connectivity index (χ3v) is 5.31. The molecule has 2 N–H and O–H groups in total. The summed E-state index contributed by atoms with van der Waals surface area (Å²) in [5.74, 6) is 5.11. The highest BCUT2D eigenvalue weighted by Crippen LogP contribution is 2.34. The van der Waals surface area contributed by atoms with Crippen molar-refractivity contribution in [3.05, 3.63) is 38.6 Å². The van der Waals surface area contributed by atoms with E-state index in [0.717, 1.165) is 11.3 Å². The van der Waals surface area contributed by atoms with E-state index in [1.165, 1.54) is 12.1 Å². The van der Waals surface area contributed by atoms with Crippen LogP contribution in [0.25, 0.3) is 0 Å². The molecule has 2 aromatic heterocycles. The highest BCUT2D eigenvalue weighted by Gasteiger charge is 2.21. The molecule has 110 valence electrons. The van der Waals surface area contributed by atoms with Crippen LogP contribution < -0.4 is 4.72 Å². The molecule has 0 aromatic carbocycles. The van der Waals surface area contributed by atoms with Crippen LogP contribution in [0.2, 0.25) is 8.67 Å². The molecule has 0 aliphatic rings. The first kappa shape index (κ1) is 16.1. The number of nitrogens with one attached hydrogen (secondary N) is 1. The van der Waals surface area contributed by atoms with Crippen molar-refractivity contribution in [2.75, 3.05) is 11.3 Å². The molecular weight excluding hydrogens is 355 g/mol. The maximum atomic E-state index is 12.2. The number of sulfonamides is 1. The molecule has 0 spiro atoms. The number of thiophene rings is 1. The topological polar surface area (TPSA) is 79.3 Å². The van der Waals surface area contributed by atoms with Gasteiger partial charge in [0, 0.05) is 0 Å². The zero-order valence-electron chi connectivity index (χ0n) is 10.3. The van der Waals surface area contributed by atoms with Gasteiger partial charge in [-0.15, -0.1) is 11.3 Å². The molecule has 0 amide bonds. The molecule has 0 fully saturated rings. The summed E-state index contributed by atoms with van der Waals surface area (Å²) < 4.78 is 27.0. The fourth-order valence-corrected chi connectivity index (χ4v) is 4.54. The van der Waals surface area contributed by atoms with Crippen molar-refractivity contribution in [3.8, 4) is 11.8 Å². The summed E-state index contributed by atoms with van der Waals surface area (Å²) in [6.45, 7) is -0.305. The number of pyridine rings is 1. The molecular formula is C12H8Cl2N2O3S2. The van der Waals surface area contributed by atoms with Gasteiger partial charge in [-0.2, -0.15) is 0 Å². The van der Waals surface area contributed by atoms with Gasteiger partial charge in [0.15, 0.2) is 0 Å². The Bertz CT molecular complexity index is 823. The van der Waals surface area contributed by atoms with Gasteiger partial charge < -0.3 is 5.11 Å². The Kier molecular flexibility index (Phi) is 5.08. The van der Waals surface area contributed by atoms with Crippen molar-refractivity contribution < 1.29 is 13.5 Å². The normalized spacial score (nSPS) is 10.8. The van der Waals surface area contributed by atoms with E-state index in [4.69, 9.17) is 28.3 Å². The highest BCUT2D eigenvalue weighted by molar-refractivity contribution is 7.93. The average Bonchev–Trinajstić information content (AvgIpc) is 2.76. The van der Waals surface area contributed by atoms with Gasteiger partial charge in [-0.3, -0.25) is 4.72 Å².